The fraction of sp³-hybridized carbons (Fsp3) is 0.531. The molecule has 3 amide bonds. The molecule has 0 bridgehead atoms. The number of nitrogens with one attached hydrogen (secondary N) is 2. The molecule has 214 valence electrons. The number of hydrogen-bond donors (Lipinski definition) is 2. The summed E-state index contributed by atoms with van der Waals surface area (Å²) in [6.45, 7) is 15.8. The second kappa shape index (κ2) is 14.7. The number of amides is 3. The topological polar surface area (TPSA) is 87.7 Å². The van der Waals surface area contributed by atoms with Crippen LogP contribution >= 0.6 is 0 Å². The number of carbonyl (C=O) groups is 3. The molecule has 2 unspecified atom stereocenters. The van der Waals surface area contributed by atoms with Crippen LogP contribution in [0, 0.1) is 13.8 Å². The molecule has 2 aromatic rings. The summed E-state index contributed by atoms with van der Waals surface area (Å²) in [5.41, 5.74) is 3.06. The highest BCUT2D eigenvalue weighted by molar-refractivity contribution is 5.92. The molecule has 0 saturated heterocycles. The molecule has 2 N–H and O–H groups in total. The van der Waals surface area contributed by atoms with Crippen molar-refractivity contribution in [3.05, 3.63) is 70.8 Å². The van der Waals surface area contributed by atoms with E-state index in [9.17, 15) is 14.4 Å². The minimum absolute atomic E-state index is 0.230. The average molecular weight is 538 g/mol. The number of rotatable bonds is 12. The molecule has 2 aromatic carbocycles. The van der Waals surface area contributed by atoms with Gasteiger partial charge in [-0.2, -0.15) is 0 Å². The first-order chi connectivity index (χ1) is 18.3. The molecule has 0 radical (unpaired) electrons. The number of hydrogen-bond acceptors (Lipinski definition) is 4. The van der Waals surface area contributed by atoms with Gasteiger partial charge in [-0.25, -0.2) is 4.79 Å². The quantitative estimate of drug-likeness (QED) is 0.324. The van der Waals surface area contributed by atoms with E-state index in [2.05, 4.69) is 17.6 Å². The third-order valence-corrected chi connectivity index (χ3v) is 6.54. The molecule has 2 atom stereocenters. The van der Waals surface area contributed by atoms with Crippen molar-refractivity contribution >= 4 is 17.9 Å². The van der Waals surface area contributed by atoms with Crippen molar-refractivity contribution in [2.45, 2.75) is 105 Å². The van der Waals surface area contributed by atoms with E-state index < -0.39 is 23.8 Å². The highest BCUT2D eigenvalue weighted by Gasteiger charge is 2.38. The van der Waals surface area contributed by atoms with Crippen molar-refractivity contribution < 1.29 is 19.1 Å². The Labute approximate surface area is 234 Å². The number of aryl methyl sites for hydroxylation is 2. The normalized spacial score (nSPS) is 12.9. The van der Waals surface area contributed by atoms with Gasteiger partial charge < -0.3 is 20.3 Å². The Hall–Kier alpha value is -3.35. The lowest BCUT2D eigenvalue weighted by atomic mass is 9.96. The van der Waals surface area contributed by atoms with Gasteiger partial charge in [0.25, 0.3) is 0 Å². The molecule has 0 spiro atoms. The maximum atomic E-state index is 14.3. The van der Waals surface area contributed by atoms with Crippen LogP contribution in [0.1, 0.15) is 89.1 Å². The van der Waals surface area contributed by atoms with Crippen molar-refractivity contribution in [1.29, 1.82) is 0 Å². The summed E-state index contributed by atoms with van der Waals surface area (Å²) in [5, 5.41) is 5.85. The van der Waals surface area contributed by atoms with Gasteiger partial charge in [-0.15, -0.1) is 0 Å². The summed E-state index contributed by atoms with van der Waals surface area (Å²) in [6.07, 6.45) is 2.52. The Morgan fingerprint density at radius 3 is 2.18 bits per heavy atom. The highest BCUT2D eigenvalue weighted by atomic mass is 16.6. The van der Waals surface area contributed by atoms with Gasteiger partial charge in [-0.1, -0.05) is 68.3 Å². The molecule has 39 heavy (non-hydrogen) atoms. The Balaban J connectivity index is 2.51. The molecule has 0 aliphatic rings. The van der Waals surface area contributed by atoms with E-state index >= 15 is 0 Å². The molecule has 0 aliphatic heterocycles. The zero-order valence-electron chi connectivity index (χ0n) is 25.0. The maximum absolute atomic E-state index is 14.3. The molecule has 0 heterocycles. The van der Waals surface area contributed by atoms with Crippen LogP contribution in [0.5, 0.6) is 0 Å². The minimum atomic E-state index is -0.924. The van der Waals surface area contributed by atoms with E-state index in [-0.39, 0.29) is 24.3 Å². The summed E-state index contributed by atoms with van der Waals surface area (Å²) in [5.74, 6) is -0.571. The summed E-state index contributed by atoms with van der Waals surface area (Å²) in [7, 11) is 0. The van der Waals surface area contributed by atoms with Crippen LogP contribution in [0.15, 0.2) is 48.5 Å². The van der Waals surface area contributed by atoms with E-state index in [1.54, 1.807) is 25.7 Å². The van der Waals surface area contributed by atoms with Crippen molar-refractivity contribution in [3.8, 4) is 0 Å². The minimum Gasteiger partial charge on any atom is -0.444 e. The first-order valence-corrected chi connectivity index (χ1v) is 14.0. The molecule has 2 rings (SSSR count). The van der Waals surface area contributed by atoms with Gasteiger partial charge in [-0.3, -0.25) is 9.59 Å². The van der Waals surface area contributed by atoms with Crippen LogP contribution in [0.3, 0.4) is 0 Å². The maximum Gasteiger partial charge on any atom is 0.408 e. The Morgan fingerprint density at radius 1 is 0.949 bits per heavy atom. The van der Waals surface area contributed by atoms with E-state index in [1.165, 1.54) is 0 Å². The molecule has 7 heteroatoms. The lowest BCUT2D eigenvalue weighted by Gasteiger charge is -2.37. The third-order valence-electron chi connectivity index (χ3n) is 6.54. The van der Waals surface area contributed by atoms with E-state index in [1.807, 2.05) is 76.2 Å². The van der Waals surface area contributed by atoms with Crippen molar-refractivity contribution in [3.63, 3.8) is 0 Å². The van der Waals surface area contributed by atoms with Gasteiger partial charge >= 0.3 is 6.09 Å². The van der Waals surface area contributed by atoms with Gasteiger partial charge in [0, 0.05) is 19.0 Å². The summed E-state index contributed by atoms with van der Waals surface area (Å²) < 4.78 is 5.49. The SMILES string of the molecule is CCCCCNC(=O)C(c1ccc(C)c(C)c1)N(C(=O)C(Cc1ccccc1)NC(=O)OC(C)(C)C)C(C)C. The van der Waals surface area contributed by atoms with Crippen molar-refractivity contribution in [2.75, 3.05) is 6.54 Å². The van der Waals surface area contributed by atoms with Gasteiger partial charge in [0.15, 0.2) is 0 Å². The van der Waals surface area contributed by atoms with Crippen molar-refractivity contribution in [2.24, 2.45) is 0 Å². The standard InChI is InChI=1S/C32H47N3O4/c1-9-10-14-19-33-29(36)28(26-18-17-23(4)24(5)20-26)35(22(2)3)30(37)27(21-25-15-12-11-13-16-25)34-31(38)39-32(6,7)8/h11-13,15-18,20,22,27-28H,9-10,14,19,21H2,1-8H3,(H,33,36)(H,34,38). The largest absolute Gasteiger partial charge is 0.444 e. The molecular formula is C32H47N3O4. The number of carbonyl (C=O) groups excluding carboxylic acids is 3. The predicted molar refractivity (Wildman–Crippen MR) is 156 cm³/mol. The van der Waals surface area contributed by atoms with Crippen LogP contribution in [-0.2, 0) is 20.7 Å². The van der Waals surface area contributed by atoms with Gasteiger partial charge in [0.05, 0.1) is 0 Å². The summed E-state index contributed by atoms with van der Waals surface area (Å²) in [6, 6.07) is 13.3. The first kappa shape index (κ1) is 31.9. The Bertz CT molecular complexity index is 1090. The van der Waals surface area contributed by atoms with Gasteiger partial charge in [0.2, 0.25) is 11.8 Å². The fourth-order valence-corrected chi connectivity index (χ4v) is 4.42. The number of benzene rings is 2. The van der Waals surface area contributed by atoms with Crippen LogP contribution < -0.4 is 10.6 Å². The van der Waals surface area contributed by atoms with Gasteiger partial charge in [-0.05, 0) is 77.1 Å². The van der Waals surface area contributed by atoms with Crippen LogP contribution in [0.25, 0.3) is 0 Å². The average Bonchev–Trinajstić information content (AvgIpc) is 2.85. The number of unbranched alkanes of at least 4 members (excludes halogenated alkanes) is 2. The smallest absolute Gasteiger partial charge is 0.408 e. The third kappa shape index (κ3) is 10.0. The van der Waals surface area contributed by atoms with Crippen LogP contribution in [0.2, 0.25) is 0 Å². The molecule has 0 fully saturated rings. The van der Waals surface area contributed by atoms with Crippen LogP contribution in [-0.4, -0.2) is 47.0 Å². The van der Waals surface area contributed by atoms with E-state index in [0.29, 0.717) is 6.54 Å². The zero-order chi connectivity index (χ0) is 29.2. The summed E-state index contributed by atoms with van der Waals surface area (Å²) >= 11 is 0. The zero-order valence-corrected chi connectivity index (χ0v) is 25.0. The molecule has 0 aromatic heterocycles. The Kier molecular flexibility index (Phi) is 12.0. The van der Waals surface area contributed by atoms with E-state index in [0.717, 1.165) is 41.5 Å². The second-order valence-electron chi connectivity index (χ2n) is 11.5. The first-order valence-electron chi connectivity index (χ1n) is 14.0. The number of nitrogens with zero attached hydrogens (tertiary/aromatic N) is 1. The molecular weight excluding hydrogens is 490 g/mol. The summed E-state index contributed by atoms with van der Waals surface area (Å²) in [4.78, 5) is 42.5. The predicted octanol–water partition coefficient (Wildman–Crippen LogP) is 6.02. The van der Waals surface area contributed by atoms with E-state index in [4.69, 9.17) is 4.74 Å². The monoisotopic (exact) mass is 537 g/mol. The Morgan fingerprint density at radius 2 is 1.62 bits per heavy atom. The molecule has 0 saturated carbocycles. The number of ether oxygens (including phenoxy) is 1. The fourth-order valence-electron chi connectivity index (χ4n) is 4.42. The number of alkyl carbamates (subject to hydrolysis) is 1. The molecule has 7 nitrogen and oxygen atoms in total. The van der Waals surface area contributed by atoms with Crippen molar-refractivity contribution in [1.82, 2.24) is 15.5 Å². The van der Waals surface area contributed by atoms with Crippen LogP contribution in [0.4, 0.5) is 4.79 Å². The van der Waals surface area contributed by atoms with Gasteiger partial charge in [0.1, 0.15) is 17.7 Å². The lowest BCUT2D eigenvalue weighted by Crippen LogP contribution is -2.55. The highest BCUT2D eigenvalue weighted by Crippen LogP contribution is 2.27. The lowest BCUT2D eigenvalue weighted by molar-refractivity contribution is -0.144. The molecule has 0 aliphatic carbocycles. The second-order valence-corrected chi connectivity index (χ2v) is 11.5.